The average Bonchev–Trinajstić information content (AvgIpc) is 2.28. The van der Waals surface area contributed by atoms with Crippen molar-refractivity contribution in [3.05, 3.63) is 34.9 Å². The van der Waals surface area contributed by atoms with Gasteiger partial charge in [0.1, 0.15) is 0 Å². The Hall–Kier alpha value is -0.900. The third-order valence-electron chi connectivity index (χ3n) is 2.77. The van der Waals surface area contributed by atoms with Crippen molar-refractivity contribution < 1.29 is 5.11 Å². The van der Waals surface area contributed by atoms with Gasteiger partial charge in [0.25, 0.3) is 0 Å². The number of nitrogens with two attached hydrogens (primary N) is 1. The quantitative estimate of drug-likeness (QED) is 0.635. The molecule has 0 saturated carbocycles. The van der Waals surface area contributed by atoms with Crippen LogP contribution in [0.4, 0.5) is 0 Å². The highest BCUT2D eigenvalue weighted by atomic mass is 16.3. The molecule has 0 saturated heterocycles. The van der Waals surface area contributed by atoms with Crippen molar-refractivity contribution in [2.75, 3.05) is 19.7 Å². The van der Waals surface area contributed by atoms with Crippen LogP contribution in [0, 0.1) is 13.8 Å². The molecule has 0 spiro atoms. The summed E-state index contributed by atoms with van der Waals surface area (Å²) in [5.74, 6) is 0. The van der Waals surface area contributed by atoms with Crippen LogP contribution in [0.1, 0.15) is 29.2 Å². The summed E-state index contributed by atoms with van der Waals surface area (Å²) in [6.45, 7) is 5.79. The second-order valence-corrected chi connectivity index (χ2v) is 4.18. The molecule has 0 fully saturated rings. The molecule has 0 aliphatic heterocycles. The molecule has 1 rings (SSSR count). The summed E-state index contributed by atoms with van der Waals surface area (Å²) in [5.41, 5.74) is 9.56. The summed E-state index contributed by atoms with van der Waals surface area (Å²) in [5, 5.41) is 12.1. The average molecular weight is 222 g/mol. The third kappa shape index (κ3) is 3.59. The molecular formula is C13H22N2O. The van der Waals surface area contributed by atoms with Crippen molar-refractivity contribution in [2.24, 2.45) is 5.73 Å². The number of rotatable bonds is 6. The molecule has 1 atom stereocenters. The van der Waals surface area contributed by atoms with Gasteiger partial charge in [-0.05, 0) is 37.9 Å². The van der Waals surface area contributed by atoms with Crippen molar-refractivity contribution in [3.8, 4) is 0 Å². The van der Waals surface area contributed by atoms with Gasteiger partial charge in [0.05, 0.1) is 0 Å². The van der Waals surface area contributed by atoms with Crippen LogP contribution in [0.2, 0.25) is 0 Å². The summed E-state index contributed by atoms with van der Waals surface area (Å²) in [7, 11) is 0. The van der Waals surface area contributed by atoms with Gasteiger partial charge >= 0.3 is 0 Å². The van der Waals surface area contributed by atoms with Crippen LogP contribution >= 0.6 is 0 Å². The SMILES string of the molecule is Cc1ccc(C)c(C(CN)NCCCO)c1. The van der Waals surface area contributed by atoms with E-state index in [9.17, 15) is 0 Å². The van der Waals surface area contributed by atoms with Gasteiger partial charge in [0, 0.05) is 19.2 Å². The Balaban J connectivity index is 2.73. The Morgan fingerprint density at radius 1 is 1.38 bits per heavy atom. The maximum atomic E-state index is 8.75. The second kappa shape index (κ2) is 6.63. The van der Waals surface area contributed by atoms with Gasteiger partial charge in [0.15, 0.2) is 0 Å². The van der Waals surface area contributed by atoms with Crippen LogP contribution in [0.25, 0.3) is 0 Å². The lowest BCUT2D eigenvalue weighted by Crippen LogP contribution is -2.30. The molecule has 16 heavy (non-hydrogen) atoms. The first-order valence-electron chi connectivity index (χ1n) is 5.80. The fraction of sp³-hybridized carbons (Fsp3) is 0.538. The van der Waals surface area contributed by atoms with Gasteiger partial charge in [-0.1, -0.05) is 23.8 Å². The van der Waals surface area contributed by atoms with E-state index >= 15 is 0 Å². The zero-order chi connectivity index (χ0) is 12.0. The van der Waals surface area contributed by atoms with Crippen LogP contribution < -0.4 is 11.1 Å². The highest BCUT2D eigenvalue weighted by Crippen LogP contribution is 2.18. The molecule has 0 bridgehead atoms. The lowest BCUT2D eigenvalue weighted by Gasteiger charge is -2.19. The monoisotopic (exact) mass is 222 g/mol. The number of hydrogen-bond donors (Lipinski definition) is 3. The zero-order valence-corrected chi connectivity index (χ0v) is 10.2. The topological polar surface area (TPSA) is 58.3 Å². The first-order chi connectivity index (χ1) is 7.69. The Kier molecular flexibility index (Phi) is 5.46. The standard InChI is InChI=1S/C13H22N2O/c1-10-4-5-11(2)12(8-10)13(9-14)15-6-3-7-16/h4-5,8,13,15-16H,3,6-7,9,14H2,1-2H3. The van der Waals surface area contributed by atoms with E-state index in [0.717, 1.165) is 13.0 Å². The van der Waals surface area contributed by atoms with Crippen molar-refractivity contribution in [1.29, 1.82) is 0 Å². The lowest BCUT2D eigenvalue weighted by atomic mass is 9.99. The molecule has 0 heterocycles. The molecule has 0 amide bonds. The van der Waals surface area contributed by atoms with E-state index in [0.29, 0.717) is 6.54 Å². The number of benzene rings is 1. The Bertz CT molecular complexity index is 326. The molecule has 1 aromatic carbocycles. The van der Waals surface area contributed by atoms with Crippen LogP contribution in [0.3, 0.4) is 0 Å². The van der Waals surface area contributed by atoms with E-state index in [4.69, 9.17) is 10.8 Å². The molecular weight excluding hydrogens is 200 g/mol. The normalized spacial score (nSPS) is 12.8. The molecule has 0 aromatic heterocycles. The lowest BCUT2D eigenvalue weighted by molar-refractivity contribution is 0.283. The van der Waals surface area contributed by atoms with Crippen LogP contribution in [0.15, 0.2) is 18.2 Å². The zero-order valence-electron chi connectivity index (χ0n) is 10.2. The summed E-state index contributed by atoms with van der Waals surface area (Å²) in [6.07, 6.45) is 0.765. The fourth-order valence-electron chi connectivity index (χ4n) is 1.81. The molecule has 90 valence electrons. The van der Waals surface area contributed by atoms with Crippen molar-refractivity contribution in [1.82, 2.24) is 5.32 Å². The van der Waals surface area contributed by atoms with Gasteiger partial charge in [0.2, 0.25) is 0 Å². The Morgan fingerprint density at radius 3 is 2.75 bits per heavy atom. The number of aliphatic hydroxyl groups is 1. The highest BCUT2D eigenvalue weighted by Gasteiger charge is 2.11. The fourth-order valence-corrected chi connectivity index (χ4v) is 1.81. The largest absolute Gasteiger partial charge is 0.396 e. The van der Waals surface area contributed by atoms with Gasteiger partial charge in [-0.2, -0.15) is 0 Å². The van der Waals surface area contributed by atoms with Crippen molar-refractivity contribution in [2.45, 2.75) is 26.3 Å². The number of aryl methyl sites for hydroxylation is 2. The Labute approximate surface area is 97.7 Å². The number of nitrogens with one attached hydrogen (secondary N) is 1. The first kappa shape index (κ1) is 13.2. The van der Waals surface area contributed by atoms with Crippen LogP contribution in [-0.4, -0.2) is 24.8 Å². The summed E-state index contributed by atoms with van der Waals surface area (Å²) >= 11 is 0. The smallest absolute Gasteiger partial charge is 0.0447 e. The van der Waals surface area contributed by atoms with Crippen molar-refractivity contribution in [3.63, 3.8) is 0 Å². The van der Waals surface area contributed by atoms with Gasteiger partial charge in [-0.25, -0.2) is 0 Å². The van der Waals surface area contributed by atoms with E-state index in [-0.39, 0.29) is 12.6 Å². The van der Waals surface area contributed by atoms with Crippen LogP contribution in [0.5, 0.6) is 0 Å². The molecule has 0 aliphatic carbocycles. The second-order valence-electron chi connectivity index (χ2n) is 4.18. The first-order valence-corrected chi connectivity index (χ1v) is 5.80. The summed E-state index contributed by atoms with van der Waals surface area (Å²) < 4.78 is 0. The predicted molar refractivity (Wildman–Crippen MR) is 67.4 cm³/mol. The molecule has 1 aromatic rings. The van der Waals surface area contributed by atoms with Gasteiger partial charge in [-0.15, -0.1) is 0 Å². The van der Waals surface area contributed by atoms with Gasteiger partial charge < -0.3 is 16.2 Å². The summed E-state index contributed by atoms with van der Waals surface area (Å²) in [6, 6.07) is 6.60. The molecule has 3 nitrogen and oxygen atoms in total. The number of aliphatic hydroxyl groups excluding tert-OH is 1. The molecule has 1 unspecified atom stereocenters. The molecule has 3 heteroatoms. The minimum Gasteiger partial charge on any atom is -0.396 e. The van der Waals surface area contributed by atoms with E-state index in [1.807, 2.05) is 0 Å². The van der Waals surface area contributed by atoms with Gasteiger partial charge in [-0.3, -0.25) is 0 Å². The maximum Gasteiger partial charge on any atom is 0.0447 e. The predicted octanol–water partition coefficient (Wildman–Crippen LogP) is 1.28. The van der Waals surface area contributed by atoms with Crippen molar-refractivity contribution >= 4 is 0 Å². The van der Waals surface area contributed by atoms with E-state index < -0.39 is 0 Å². The molecule has 0 aliphatic rings. The van der Waals surface area contributed by atoms with E-state index in [1.165, 1.54) is 16.7 Å². The van der Waals surface area contributed by atoms with E-state index in [1.54, 1.807) is 0 Å². The minimum absolute atomic E-state index is 0.187. The molecule has 4 N–H and O–H groups in total. The highest BCUT2D eigenvalue weighted by molar-refractivity contribution is 5.33. The minimum atomic E-state index is 0.187. The Morgan fingerprint density at radius 2 is 2.12 bits per heavy atom. The number of hydrogen-bond acceptors (Lipinski definition) is 3. The van der Waals surface area contributed by atoms with E-state index in [2.05, 4.69) is 37.4 Å². The maximum absolute atomic E-state index is 8.75. The molecule has 0 radical (unpaired) electrons. The van der Waals surface area contributed by atoms with Crippen LogP contribution in [-0.2, 0) is 0 Å². The summed E-state index contributed by atoms with van der Waals surface area (Å²) in [4.78, 5) is 0. The third-order valence-corrected chi connectivity index (χ3v) is 2.77.